The Hall–Kier alpha value is -1.77. The number of ether oxygens (including phenoxy) is 2. The average molecular weight is 473 g/mol. The Bertz CT molecular complexity index is 837. The summed E-state index contributed by atoms with van der Waals surface area (Å²) in [4.78, 5) is 2.09. The maximum atomic E-state index is 13.8. The molecule has 0 aliphatic carbocycles. The molecule has 0 radical (unpaired) electrons. The molecule has 8 heteroatoms. The van der Waals surface area contributed by atoms with Gasteiger partial charge in [0.05, 0.1) is 25.8 Å². The molecule has 0 saturated carbocycles. The summed E-state index contributed by atoms with van der Waals surface area (Å²) < 4.78 is 53.0. The van der Waals surface area contributed by atoms with Crippen LogP contribution in [-0.2, 0) is 6.18 Å². The van der Waals surface area contributed by atoms with Gasteiger partial charge in [-0.3, -0.25) is 4.90 Å². The van der Waals surface area contributed by atoms with Crippen molar-refractivity contribution in [3.8, 4) is 11.5 Å². The van der Waals surface area contributed by atoms with Gasteiger partial charge in [-0.15, -0.1) is 0 Å². The highest BCUT2D eigenvalue weighted by molar-refractivity contribution is 9.10. The van der Waals surface area contributed by atoms with Crippen molar-refractivity contribution in [1.29, 1.82) is 0 Å². The molecule has 29 heavy (non-hydrogen) atoms. The van der Waals surface area contributed by atoms with Crippen LogP contribution < -0.4 is 14.8 Å². The van der Waals surface area contributed by atoms with Gasteiger partial charge in [0, 0.05) is 24.1 Å². The van der Waals surface area contributed by atoms with Gasteiger partial charge in [0.25, 0.3) is 0 Å². The van der Waals surface area contributed by atoms with E-state index in [0.717, 1.165) is 25.6 Å². The molecule has 4 nitrogen and oxygen atoms in total. The number of hydrogen-bond acceptors (Lipinski definition) is 4. The van der Waals surface area contributed by atoms with Crippen LogP contribution in [0.25, 0.3) is 0 Å². The fourth-order valence-electron chi connectivity index (χ4n) is 3.76. The summed E-state index contributed by atoms with van der Waals surface area (Å²) in [5, 5.41) is 3.31. The Morgan fingerprint density at radius 3 is 2.38 bits per heavy atom. The highest BCUT2D eigenvalue weighted by atomic mass is 79.9. The molecule has 0 spiro atoms. The van der Waals surface area contributed by atoms with Crippen molar-refractivity contribution < 1.29 is 22.6 Å². The lowest BCUT2D eigenvalue weighted by Crippen LogP contribution is -2.34. The van der Waals surface area contributed by atoms with Gasteiger partial charge in [0.15, 0.2) is 11.5 Å². The second kappa shape index (κ2) is 9.36. The third-order valence-electron chi connectivity index (χ3n) is 5.10. The first-order chi connectivity index (χ1) is 13.9. The molecule has 2 aromatic rings. The molecule has 1 atom stereocenters. The van der Waals surface area contributed by atoms with E-state index in [1.807, 2.05) is 0 Å². The summed E-state index contributed by atoms with van der Waals surface area (Å²) in [5.41, 5.74) is 0.319. The lowest BCUT2D eigenvalue weighted by molar-refractivity contribution is -0.138. The summed E-state index contributed by atoms with van der Waals surface area (Å²) in [6.07, 6.45) is -3.59. The van der Waals surface area contributed by atoms with E-state index in [1.165, 1.54) is 20.3 Å². The molecule has 1 unspecified atom stereocenters. The predicted octanol–water partition coefficient (Wildman–Crippen LogP) is 4.87. The number of nitrogens with zero attached hydrogens (tertiary/aromatic N) is 1. The van der Waals surface area contributed by atoms with Gasteiger partial charge in [0.1, 0.15) is 0 Å². The zero-order chi connectivity index (χ0) is 21.0. The van der Waals surface area contributed by atoms with E-state index in [-0.39, 0.29) is 5.56 Å². The summed E-state index contributed by atoms with van der Waals surface area (Å²) in [6.45, 7) is 2.88. The molecule has 1 N–H and O–H groups in total. The van der Waals surface area contributed by atoms with Crippen LogP contribution in [0.15, 0.2) is 40.9 Å². The van der Waals surface area contributed by atoms with Gasteiger partial charge >= 0.3 is 6.18 Å². The van der Waals surface area contributed by atoms with E-state index in [1.54, 1.807) is 24.3 Å². The van der Waals surface area contributed by atoms with Gasteiger partial charge in [-0.1, -0.05) is 34.1 Å². The predicted molar refractivity (Wildman–Crippen MR) is 110 cm³/mol. The molecule has 1 saturated heterocycles. The van der Waals surface area contributed by atoms with Crippen LogP contribution in [0.4, 0.5) is 13.2 Å². The second-order valence-corrected chi connectivity index (χ2v) is 7.71. The van der Waals surface area contributed by atoms with E-state index < -0.39 is 17.8 Å². The SMILES string of the molecule is COc1cc(Br)c(C(c2ccccc2C(F)(F)F)N2CCCNCC2)cc1OC. The first kappa shape index (κ1) is 21.9. The molecule has 2 aromatic carbocycles. The standard InChI is InChI=1S/C21H24BrF3N2O2/c1-28-18-12-15(17(22)13-19(18)29-2)20(27-10-5-8-26-9-11-27)14-6-3-4-7-16(14)21(23,24)25/h3-4,6-7,12-13,20,26H,5,8-11H2,1-2H3. The number of hydrogen-bond donors (Lipinski definition) is 1. The Kier molecular flexibility index (Phi) is 7.08. The minimum absolute atomic E-state index is 0.231. The molecule has 158 valence electrons. The molecule has 1 fully saturated rings. The maximum absolute atomic E-state index is 13.8. The highest BCUT2D eigenvalue weighted by Crippen LogP contribution is 2.44. The van der Waals surface area contributed by atoms with Crippen LogP contribution >= 0.6 is 15.9 Å². The minimum atomic E-state index is -4.44. The molecule has 1 aliphatic rings. The summed E-state index contributed by atoms with van der Waals surface area (Å²) >= 11 is 3.55. The van der Waals surface area contributed by atoms with Crippen molar-refractivity contribution in [1.82, 2.24) is 10.2 Å². The Morgan fingerprint density at radius 2 is 1.69 bits per heavy atom. The Labute approximate surface area is 177 Å². The van der Waals surface area contributed by atoms with Crippen LogP contribution in [0, 0.1) is 0 Å². The number of rotatable bonds is 5. The molecule has 0 aromatic heterocycles. The smallest absolute Gasteiger partial charge is 0.416 e. The van der Waals surface area contributed by atoms with E-state index in [0.29, 0.717) is 34.6 Å². The van der Waals surface area contributed by atoms with Crippen molar-refractivity contribution >= 4 is 15.9 Å². The van der Waals surface area contributed by atoms with Gasteiger partial charge in [-0.25, -0.2) is 0 Å². The fourth-order valence-corrected chi connectivity index (χ4v) is 4.30. The molecular weight excluding hydrogens is 449 g/mol. The number of alkyl halides is 3. The third-order valence-corrected chi connectivity index (χ3v) is 5.78. The quantitative estimate of drug-likeness (QED) is 0.672. The summed E-state index contributed by atoms with van der Waals surface area (Å²) in [6, 6.07) is 8.72. The first-order valence-electron chi connectivity index (χ1n) is 9.39. The van der Waals surface area contributed by atoms with E-state index in [9.17, 15) is 13.2 Å². The maximum Gasteiger partial charge on any atom is 0.416 e. The normalized spacial score (nSPS) is 16.9. The van der Waals surface area contributed by atoms with Crippen LogP contribution in [0.3, 0.4) is 0 Å². The van der Waals surface area contributed by atoms with Crippen LogP contribution in [0.5, 0.6) is 11.5 Å². The van der Waals surface area contributed by atoms with Gasteiger partial charge in [-0.2, -0.15) is 13.2 Å². The van der Waals surface area contributed by atoms with Crippen molar-refractivity contribution in [3.05, 3.63) is 57.6 Å². The van der Waals surface area contributed by atoms with Gasteiger partial charge < -0.3 is 14.8 Å². The molecular formula is C21H24BrF3N2O2. The largest absolute Gasteiger partial charge is 0.493 e. The van der Waals surface area contributed by atoms with Crippen molar-refractivity contribution in [2.24, 2.45) is 0 Å². The van der Waals surface area contributed by atoms with E-state index in [4.69, 9.17) is 9.47 Å². The fraction of sp³-hybridized carbons (Fsp3) is 0.429. The summed E-state index contributed by atoms with van der Waals surface area (Å²) in [7, 11) is 3.05. The van der Waals surface area contributed by atoms with Crippen LogP contribution in [0.1, 0.15) is 29.2 Å². The van der Waals surface area contributed by atoms with E-state index in [2.05, 4.69) is 26.1 Å². The highest BCUT2D eigenvalue weighted by Gasteiger charge is 2.37. The lowest BCUT2D eigenvalue weighted by atomic mass is 9.92. The first-order valence-corrected chi connectivity index (χ1v) is 10.2. The third kappa shape index (κ3) is 4.87. The Morgan fingerprint density at radius 1 is 1.00 bits per heavy atom. The van der Waals surface area contributed by atoms with Crippen molar-refractivity contribution in [2.45, 2.75) is 18.6 Å². The number of benzene rings is 2. The molecule has 1 aliphatic heterocycles. The van der Waals surface area contributed by atoms with Crippen LogP contribution in [0.2, 0.25) is 0 Å². The Balaban J connectivity index is 2.21. The van der Waals surface area contributed by atoms with Crippen molar-refractivity contribution in [3.63, 3.8) is 0 Å². The van der Waals surface area contributed by atoms with Gasteiger partial charge in [0.2, 0.25) is 0 Å². The summed E-state index contributed by atoms with van der Waals surface area (Å²) in [5.74, 6) is 0.997. The zero-order valence-corrected chi connectivity index (χ0v) is 17.9. The molecule has 0 amide bonds. The lowest BCUT2D eigenvalue weighted by Gasteiger charge is -2.34. The van der Waals surface area contributed by atoms with Gasteiger partial charge in [-0.05, 0) is 42.3 Å². The number of halogens is 4. The number of nitrogens with one attached hydrogen (secondary N) is 1. The second-order valence-electron chi connectivity index (χ2n) is 6.86. The zero-order valence-electron chi connectivity index (χ0n) is 16.4. The average Bonchev–Trinajstić information content (AvgIpc) is 2.98. The van der Waals surface area contributed by atoms with Crippen molar-refractivity contribution in [2.75, 3.05) is 40.4 Å². The molecule has 0 bridgehead atoms. The number of methoxy groups -OCH3 is 2. The van der Waals surface area contributed by atoms with Crippen LogP contribution in [-0.4, -0.2) is 45.3 Å². The molecule has 1 heterocycles. The minimum Gasteiger partial charge on any atom is -0.493 e. The topological polar surface area (TPSA) is 33.7 Å². The van der Waals surface area contributed by atoms with E-state index >= 15 is 0 Å². The monoisotopic (exact) mass is 472 g/mol. The molecule has 3 rings (SSSR count).